The standard InChI is InChI=1S/C25H34O6/c1-5-28-24(27)23(29-15-18-9-7-6-8-10-18)20-14-22(26)31-25(20)30-21-13-17(4)11-12-19(21)16(2)3/h6-10,16-17,19,21,25H,5,11-15H2,1-4H3/b23-20-/t17-,19+,21-,25-/m1/s1. The van der Waals surface area contributed by atoms with Crippen molar-refractivity contribution in [3.63, 3.8) is 0 Å². The summed E-state index contributed by atoms with van der Waals surface area (Å²) in [5.74, 6) is 0.386. The van der Waals surface area contributed by atoms with E-state index in [1.165, 1.54) is 6.42 Å². The minimum atomic E-state index is -0.917. The second-order valence-electron chi connectivity index (χ2n) is 8.85. The molecule has 1 heterocycles. The van der Waals surface area contributed by atoms with E-state index >= 15 is 0 Å². The molecule has 1 aliphatic heterocycles. The number of esters is 2. The molecular weight excluding hydrogens is 396 g/mol. The normalized spacial score (nSPS) is 27.7. The molecule has 1 aliphatic carbocycles. The molecular formula is C25H34O6. The van der Waals surface area contributed by atoms with Crippen LogP contribution >= 0.6 is 0 Å². The zero-order chi connectivity index (χ0) is 22.4. The molecule has 1 saturated carbocycles. The van der Waals surface area contributed by atoms with Crippen molar-refractivity contribution in [2.75, 3.05) is 6.61 Å². The van der Waals surface area contributed by atoms with E-state index in [1.54, 1.807) is 6.92 Å². The molecule has 31 heavy (non-hydrogen) atoms. The fourth-order valence-corrected chi connectivity index (χ4v) is 4.41. The Kier molecular flexibility index (Phi) is 8.13. The third kappa shape index (κ3) is 6.10. The number of rotatable bonds is 8. The molecule has 0 spiro atoms. The number of benzene rings is 1. The summed E-state index contributed by atoms with van der Waals surface area (Å²) < 4.78 is 22.9. The lowest BCUT2D eigenvalue weighted by Crippen LogP contribution is -2.37. The average molecular weight is 431 g/mol. The van der Waals surface area contributed by atoms with Crippen molar-refractivity contribution in [3.8, 4) is 0 Å². The molecule has 6 heteroatoms. The van der Waals surface area contributed by atoms with E-state index in [2.05, 4.69) is 20.8 Å². The maximum absolute atomic E-state index is 12.7. The van der Waals surface area contributed by atoms with E-state index < -0.39 is 18.2 Å². The van der Waals surface area contributed by atoms with Crippen LogP contribution in [0.25, 0.3) is 0 Å². The maximum Gasteiger partial charge on any atom is 0.373 e. The van der Waals surface area contributed by atoms with Crippen molar-refractivity contribution >= 4 is 11.9 Å². The van der Waals surface area contributed by atoms with Gasteiger partial charge in [0.2, 0.25) is 12.0 Å². The molecule has 1 saturated heterocycles. The molecule has 3 rings (SSSR count). The molecule has 2 aliphatic rings. The number of ether oxygens (including phenoxy) is 4. The predicted octanol–water partition coefficient (Wildman–Crippen LogP) is 4.77. The molecule has 0 bridgehead atoms. The minimum Gasteiger partial charge on any atom is -0.482 e. The number of cyclic esters (lactones) is 1. The summed E-state index contributed by atoms with van der Waals surface area (Å²) in [6, 6.07) is 9.54. The molecule has 2 fully saturated rings. The van der Waals surface area contributed by atoms with Crippen LogP contribution in [0.15, 0.2) is 41.7 Å². The van der Waals surface area contributed by atoms with Gasteiger partial charge in [0.05, 0.1) is 24.7 Å². The molecule has 1 aromatic carbocycles. The van der Waals surface area contributed by atoms with Gasteiger partial charge in [-0.05, 0) is 43.1 Å². The van der Waals surface area contributed by atoms with Crippen LogP contribution in [-0.2, 0) is 35.1 Å². The van der Waals surface area contributed by atoms with Crippen LogP contribution in [0.3, 0.4) is 0 Å². The van der Waals surface area contributed by atoms with Crippen LogP contribution in [0.2, 0.25) is 0 Å². The fraction of sp³-hybridized carbons (Fsp3) is 0.600. The highest BCUT2D eigenvalue weighted by molar-refractivity contribution is 5.90. The van der Waals surface area contributed by atoms with Crippen LogP contribution in [-0.4, -0.2) is 30.9 Å². The molecule has 0 aromatic heterocycles. The number of hydrogen-bond donors (Lipinski definition) is 0. The second kappa shape index (κ2) is 10.8. The summed E-state index contributed by atoms with van der Waals surface area (Å²) in [6.07, 6.45) is 2.17. The van der Waals surface area contributed by atoms with Crippen molar-refractivity contribution in [3.05, 3.63) is 47.2 Å². The molecule has 4 atom stereocenters. The topological polar surface area (TPSA) is 71.1 Å². The SMILES string of the molecule is CCOC(=O)/C(OCc1ccccc1)=C1\CC(=O)O[C@H]1O[C@@H]1C[C@H](C)CC[C@H]1C(C)C. The Hall–Kier alpha value is -2.34. The number of carbonyl (C=O) groups is 2. The zero-order valence-corrected chi connectivity index (χ0v) is 19.0. The fourth-order valence-electron chi connectivity index (χ4n) is 4.41. The summed E-state index contributed by atoms with van der Waals surface area (Å²) in [5, 5.41) is 0. The maximum atomic E-state index is 12.7. The van der Waals surface area contributed by atoms with E-state index in [1.807, 2.05) is 30.3 Å². The summed E-state index contributed by atoms with van der Waals surface area (Å²) in [6.45, 7) is 8.74. The smallest absolute Gasteiger partial charge is 0.373 e. The predicted molar refractivity (Wildman–Crippen MR) is 116 cm³/mol. The molecule has 170 valence electrons. The Labute approximate surface area is 184 Å². The van der Waals surface area contributed by atoms with E-state index in [9.17, 15) is 9.59 Å². The van der Waals surface area contributed by atoms with Gasteiger partial charge in [-0.1, -0.05) is 57.5 Å². The summed E-state index contributed by atoms with van der Waals surface area (Å²) in [7, 11) is 0. The third-order valence-electron chi connectivity index (χ3n) is 6.10. The van der Waals surface area contributed by atoms with Gasteiger partial charge in [-0.25, -0.2) is 4.79 Å². The molecule has 0 N–H and O–H groups in total. The summed E-state index contributed by atoms with van der Waals surface area (Å²) >= 11 is 0. The number of hydrogen-bond acceptors (Lipinski definition) is 6. The second-order valence-corrected chi connectivity index (χ2v) is 8.85. The van der Waals surface area contributed by atoms with Gasteiger partial charge in [0.15, 0.2) is 0 Å². The molecule has 0 amide bonds. The third-order valence-corrected chi connectivity index (χ3v) is 6.10. The summed E-state index contributed by atoms with van der Waals surface area (Å²) in [5.41, 5.74) is 1.33. The van der Waals surface area contributed by atoms with Gasteiger partial charge in [-0.3, -0.25) is 4.79 Å². The van der Waals surface area contributed by atoms with Gasteiger partial charge in [0.25, 0.3) is 0 Å². The van der Waals surface area contributed by atoms with Crippen LogP contribution < -0.4 is 0 Å². The van der Waals surface area contributed by atoms with Crippen molar-refractivity contribution in [1.82, 2.24) is 0 Å². The lowest BCUT2D eigenvalue weighted by molar-refractivity contribution is -0.179. The van der Waals surface area contributed by atoms with E-state index in [-0.39, 0.29) is 31.5 Å². The average Bonchev–Trinajstić information content (AvgIpc) is 3.08. The van der Waals surface area contributed by atoms with E-state index in [0.29, 0.717) is 23.3 Å². The first-order valence-corrected chi connectivity index (χ1v) is 11.3. The van der Waals surface area contributed by atoms with Crippen molar-refractivity contribution in [1.29, 1.82) is 0 Å². The van der Waals surface area contributed by atoms with Crippen LogP contribution in [0, 0.1) is 17.8 Å². The quantitative estimate of drug-likeness (QED) is 0.336. The van der Waals surface area contributed by atoms with Crippen molar-refractivity contribution in [2.24, 2.45) is 17.8 Å². The highest BCUT2D eigenvalue weighted by Crippen LogP contribution is 2.38. The van der Waals surface area contributed by atoms with Gasteiger partial charge in [0.1, 0.15) is 6.61 Å². The Morgan fingerprint density at radius 1 is 1.16 bits per heavy atom. The van der Waals surface area contributed by atoms with Crippen molar-refractivity contribution in [2.45, 2.75) is 72.4 Å². The molecule has 6 nitrogen and oxygen atoms in total. The Bertz CT molecular complexity index is 784. The van der Waals surface area contributed by atoms with E-state index in [4.69, 9.17) is 18.9 Å². The Morgan fingerprint density at radius 2 is 1.90 bits per heavy atom. The minimum absolute atomic E-state index is 0.0199. The highest BCUT2D eigenvalue weighted by atomic mass is 16.7. The first-order chi connectivity index (χ1) is 14.9. The van der Waals surface area contributed by atoms with Gasteiger partial charge < -0.3 is 18.9 Å². The zero-order valence-electron chi connectivity index (χ0n) is 19.0. The van der Waals surface area contributed by atoms with Gasteiger partial charge in [-0.15, -0.1) is 0 Å². The molecule has 0 radical (unpaired) electrons. The largest absolute Gasteiger partial charge is 0.482 e. The van der Waals surface area contributed by atoms with Gasteiger partial charge in [0, 0.05) is 0 Å². The van der Waals surface area contributed by atoms with Crippen LogP contribution in [0.1, 0.15) is 58.9 Å². The first-order valence-electron chi connectivity index (χ1n) is 11.3. The van der Waals surface area contributed by atoms with Gasteiger partial charge in [-0.2, -0.15) is 0 Å². The van der Waals surface area contributed by atoms with E-state index in [0.717, 1.165) is 18.4 Å². The van der Waals surface area contributed by atoms with Crippen molar-refractivity contribution < 1.29 is 28.5 Å². The molecule has 0 unspecified atom stereocenters. The highest BCUT2D eigenvalue weighted by Gasteiger charge is 2.41. The Morgan fingerprint density at radius 3 is 2.58 bits per heavy atom. The lowest BCUT2D eigenvalue weighted by Gasteiger charge is -2.38. The lowest BCUT2D eigenvalue weighted by atomic mass is 9.75. The summed E-state index contributed by atoms with van der Waals surface area (Å²) in [4.78, 5) is 24.9. The van der Waals surface area contributed by atoms with Crippen LogP contribution in [0.4, 0.5) is 0 Å². The Balaban J connectivity index is 1.85. The van der Waals surface area contributed by atoms with Crippen LogP contribution in [0.5, 0.6) is 0 Å². The monoisotopic (exact) mass is 430 g/mol. The van der Waals surface area contributed by atoms with Gasteiger partial charge >= 0.3 is 11.9 Å². The molecule has 1 aromatic rings. The first kappa shape index (κ1) is 23.3. The number of carbonyl (C=O) groups excluding carboxylic acids is 2.